The number of ether oxygens (including phenoxy) is 1. The maximum Gasteiger partial charge on any atom is 0.127 e. The molecule has 1 aliphatic heterocycles. The van der Waals surface area contributed by atoms with Gasteiger partial charge in [-0.1, -0.05) is 54.6 Å². The van der Waals surface area contributed by atoms with Gasteiger partial charge in [-0.25, -0.2) is 0 Å². The zero-order valence-electron chi connectivity index (χ0n) is 14.6. The van der Waals surface area contributed by atoms with Crippen LogP contribution in [0.5, 0.6) is 11.5 Å². The van der Waals surface area contributed by atoms with Gasteiger partial charge in [-0.15, -0.1) is 0 Å². The molecule has 2 aromatic carbocycles. The molecule has 0 amide bonds. The lowest BCUT2D eigenvalue weighted by molar-refractivity contribution is 0.194. The summed E-state index contributed by atoms with van der Waals surface area (Å²) in [5, 5.41) is 13.2. The summed E-state index contributed by atoms with van der Waals surface area (Å²) in [6, 6.07) is 18.3. The molecule has 132 valence electrons. The lowest BCUT2D eigenvalue weighted by atomic mass is 9.98. The summed E-state index contributed by atoms with van der Waals surface area (Å²) in [4.78, 5) is 0. The first kappa shape index (κ1) is 16.8. The maximum absolute atomic E-state index is 9.76. The van der Waals surface area contributed by atoms with Crippen molar-refractivity contribution in [1.29, 1.82) is 0 Å². The third-order valence-electron chi connectivity index (χ3n) is 4.80. The molecular weight excluding hydrogens is 322 g/mol. The van der Waals surface area contributed by atoms with Crippen molar-refractivity contribution < 1.29 is 9.84 Å². The number of allylic oxidation sites excluding steroid dienone is 4. The van der Waals surface area contributed by atoms with E-state index in [1.165, 1.54) is 16.7 Å². The molecule has 0 saturated carbocycles. The summed E-state index contributed by atoms with van der Waals surface area (Å²) in [7, 11) is 0. The molecule has 1 heterocycles. The highest BCUT2D eigenvalue weighted by Crippen LogP contribution is 2.28. The van der Waals surface area contributed by atoms with Crippen molar-refractivity contribution in [3.05, 3.63) is 95.6 Å². The van der Waals surface area contributed by atoms with Gasteiger partial charge in [0.25, 0.3) is 0 Å². The van der Waals surface area contributed by atoms with E-state index in [1.54, 1.807) is 0 Å². The molecule has 2 aromatic rings. The van der Waals surface area contributed by atoms with Crippen LogP contribution < -0.4 is 10.1 Å². The largest absolute Gasteiger partial charge is 0.457 e. The highest BCUT2D eigenvalue weighted by atomic mass is 16.5. The van der Waals surface area contributed by atoms with Crippen molar-refractivity contribution >= 4 is 0 Å². The molecule has 1 fully saturated rings. The number of hydrogen-bond donors (Lipinski definition) is 2. The predicted molar refractivity (Wildman–Crippen MR) is 104 cm³/mol. The van der Waals surface area contributed by atoms with Crippen LogP contribution in [0.3, 0.4) is 0 Å². The normalized spacial score (nSPS) is 23.4. The molecule has 3 nitrogen and oxygen atoms in total. The van der Waals surface area contributed by atoms with Crippen LogP contribution in [-0.4, -0.2) is 23.8 Å². The minimum absolute atomic E-state index is 0.241. The second kappa shape index (κ2) is 7.73. The van der Waals surface area contributed by atoms with Gasteiger partial charge in [0, 0.05) is 12.6 Å². The fourth-order valence-electron chi connectivity index (χ4n) is 3.49. The lowest BCUT2D eigenvalue weighted by Gasteiger charge is -2.14. The van der Waals surface area contributed by atoms with Gasteiger partial charge in [0.2, 0.25) is 0 Å². The Bertz CT molecular complexity index is 852. The van der Waals surface area contributed by atoms with Crippen molar-refractivity contribution in [1.82, 2.24) is 5.32 Å². The Morgan fingerprint density at radius 3 is 2.73 bits per heavy atom. The quantitative estimate of drug-likeness (QED) is 0.855. The molecule has 1 aliphatic carbocycles. The lowest BCUT2D eigenvalue weighted by Crippen LogP contribution is -2.23. The summed E-state index contributed by atoms with van der Waals surface area (Å²) in [5.41, 5.74) is 3.73. The zero-order chi connectivity index (χ0) is 17.8. The summed E-state index contributed by atoms with van der Waals surface area (Å²) >= 11 is 0. The van der Waals surface area contributed by atoms with E-state index in [1.807, 2.05) is 42.5 Å². The standard InChI is InChI=1S/C23H23NO2/c25-19-15-23(24-16-19)22-11-5-7-18(22)13-12-17-6-4-10-21(14-17)26-20-8-2-1-3-9-20/h1-11,13-14,19,23-25H,12,15-16H2/b18-13+/t19-,23+/m1/s1. The van der Waals surface area contributed by atoms with E-state index in [9.17, 15) is 5.11 Å². The minimum atomic E-state index is -0.241. The molecule has 1 saturated heterocycles. The Hall–Kier alpha value is -2.62. The van der Waals surface area contributed by atoms with Crippen molar-refractivity contribution in [3.8, 4) is 11.5 Å². The molecule has 0 radical (unpaired) electrons. The Balaban J connectivity index is 1.44. The third-order valence-corrected chi connectivity index (χ3v) is 4.80. The molecule has 0 unspecified atom stereocenters. The smallest absolute Gasteiger partial charge is 0.127 e. The van der Waals surface area contributed by atoms with Crippen LogP contribution >= 0.6 is 0 Å². The molecule has 4 rings (SSSR count). The Kier molecular flexibility index (Phi) is 5.00. The van der Waals surface area contributed by atoms with Crippen molar-refractivity contribution in [2.75, 3.05) is 6.54 Å². The molecule has 2 N–H and O–H groups in total. The van der Waals surface area contributed by atoms with E-state index in [0.29, 0.717) is 6.54 Å². The van der Waals surface area contributed by atoms with Gasteiger partial charge in [-0.05, 0) is 53.8 Å². The van der Waals surface area contributed by atoms with Gasteiger partial charge in [0.1, 0.15) is 11.5 Å². The first-order chi connectivity index (χ1) is 12.8. The van der Waals surface area contributed by atoms with Crippen molar-refractivity contribution in [3.63, 3.8) is 0 Å². The van der Waals surface area contributed by atoms with Gasteiger partial charge >= 0.3 is 0 Å². The SMILES string of the molecule is O[C@H]1CN[C@H](C2=CC=C/C2=C\Cc2cccc(Oc3ccccc3)c2)C1. The number of para-hydroxylation sites is 1. The summed E-state index contributed by atoms with van der Waals surface area (Å²) in [6.45, 7) is 0.675. The molecule has 3 heteroatoms. The van der Waals surface area contributed by atoms with Crippen molar-refractivity contribution in [2.45, 2.75) is 25.0 Å². The van der Waals surface area contributed by atoms with Gasteiger partial charge < -0.3 is 15.2 Å². The third kappa shape index (κ3) is 3.96. The van der Waals surface area contributed by atoms with E-state index in [4.69, 9.17) is 4.74 Å². The predicted octanol–water partition coefficient (Wildman–Crippen LogP) is 4.17. The second-order valence-electron chi connectivity index (χ2n) is 6.76. The Labute approximate surface area is 154 Å². The summed E-state index contributed by atoms with van der Waals surface area (Å²) in [5.74, 6) is 1.70. The average molecular weight is 345 g/mol. The number of hydrogen-bond acceptors (Lipinski definition) is 3. The second-order valence-corrected chi connectivity index (χ2v) is 6.76. The van der Waals surface area contributed by atoms with Crippen molar-refractivity contribution in [2.24, 2.45) is 0 Å². The van der Waals surface area contributed by atoms with Crippen LogP contribution in [0.15, 0.2) is 90.0 Å². The average Bonchev–Trinajstić information content (AvgIpc) is 3.30. The van der Waals surface area contributed by atoms with Crippen LogP contribution in [0.4, 0.5) is 0 Å². The van der Waals surface area contributed by atoms with E-state index >= 15 is 0 Å². The maximum atomic E-state index is 9.76. The molecule has 0 spiro atoms. The monoisotopic (exact) mass is 345 g/mol. The first-order valence-corrected chi connectivity index (χ1v) is 9.10. The number of nitrogens with one attached hydrogen (secondary N) is 1. The molecule has 0 bridgehead atoms. The van der Waals surface area contributed by atoms with Crippen LogP contribution in [0.25, 0.3) is 0 Å². The van der Waals surface area contributed by atoms with Crippen LogP contribution in [-0.2, 0) is 6.42 Å². The fourth-order valence-corrected chi connectivity index (χ4v) is 3.49. The van der Waals surface area contributed by atoms with E-state index in [2.05, 4.69) is 41.8 Å². The highest BCUT2D eigenvalue weighted by Gasteiger charge is 2.26. The Morgan fingerprint density at radius 2 is 1.92 bits per heavy atom. The summed E-state index contributed by atoms with van der Waals surface area (Å²) in [6.07, 6.45) is 10.0. The molecular formula is C23H23NO2. The zero-order valence-corrected chi connectivity index (χ0v) is 14.6. The van der Waals surface area contributed by atoms with Crippen LogP contribution in [0.2, 0.25) is 0 Å². The number of rotatable bonds is 5. The van der Waals surface area contributed by atoms with E-state index in [-0.39, 0.29) is 12.1 Å². The number of β-amino-alcohol motifs (C(OH)–C–C–N with tert-alkyl or cyclic N) is 1. The fraction of sp³-hybridized carbons (Fsp3) is 0.217. The molecule has 2 atom stereocenters. The van der Waals surface area contributed by atoms with Gasteiger partial charge in [0.05, 0.1) is 6.10 Å². The van der Waals surface area contributed by atoms with Gasteiger partial charge in [-0.3, -0.25) is 0 Å². The molecule has 0 aromatic heterocycles. The van der Waals surface area contributed by atoms with Crippen LogP contribution in [0, 0.1) is 0 Å². The Morgan fingerprint density at radius 1 is 1.08 bits per heavy atom. The number of aliphatic hydroxyl groups is 1. The van der Waals surface area contributed by atoms with Crippen LogP contribution in [0.1, 0.15) is 12.0 Å². The van der Waals surface area contributed by atoms with Gasteiger partial charge in [0.15, 0.2) is 0 Å². The number of benzene rings is 2. The number of aliphatic hydroxyl groups excluding tert-OH is 1. The molecule has 26 heavy (non-hydrogen) atoms. The topological polar surface area (TPSA) is 41.5 Å². The summed E-state index contributed by atoms with van der Waals surface area (Å²) < 4.78 is 5.92. The molecule has 2 aliphatic rings. The van der Waals surface area contributed by atoms with E-state index < -0.39 is 0 Å². The van der Waals surface area contributed by atoms with Gasteiger partial charge in [-0.2, -0.15) is 0 Å². The minimum Gasteiger partial charge on any atom is -0.457 e. The first-order valence-electron chi connectivity index (χ1n) is 9.10. The highest BCUT2D eigenvalue weighted by molar-refractivity contribution is 5.52. The van der Waals surface area contributed by atoms with E-state index in [0.717, 1.165) is 24.3 Å².